The molecule has 2 aromatic carbocycles. The number of benzene rings is 2. The molecule has 0 heterocycles. The molecule has 0 saturated carbocycles. The largest absolute Gasteiger partial charge is 0.493 e. The Balaban J connectivity index is 1.94. The van der Waals surface area contributed by atoms with Crippen LogP contribution in [0.1, 0.15) is 25.0 Å². The standard InChI is InChI=1S/C26H34N4O8S/c1-15(25(31)29-27-13-17-9-19(33-3)23(37-7)20(10-17)34-4)39-16(2)26(32)30-28-14-18-11-21(35-5)24(38-8)22(12-18)36-6/h9-16H,1-8H3,(H,29,31)(H,30,32)/b27-13-,28-14+. The van der Waals surface area contributed by atoms with Gasteiger partial charge < -0.3 is 28.4 Å². The summed E-state index contributed by atoms with van der Waals surface area (Å²) in [6, 6.07) is 6.78. The highest BCUT2D eigenvalue weighted by molar-refractivity contribution is 8.01. The average Bonchev–Trinajstić information content (AvgIpc) is 2.95. The Morgan fingerprint density at radius 2 is 0.949 bits per heavy atom. The molecule has 39 heavy (non-hydrogen) atoms. The molecule has 2 aromatic rings. The summed E-state index contributed by atoms with van der Waals surface area (Å²) in [7, 11) is 9.06. The Kier molecular flexibility index (Phi) is 12.2. The lowest BCUT2D eigenvalue weighted by Crippen LogP contribution is -2.33. The van der Waals surface area contributed by atoms with Crippen molar-refractivity contribution < 1.29 is 38.0 Å². The van der Waals surface area contributed by atoms with Crippen molar-refractivity contribution >= 4 is 36.0 Å². The maximum absolute atomic E-state index is 12.5. The van der Waals surface area contributed by atoms with Crippen LogP contribution in [0.25, 0.3) is 0 Å². The Morgan fingerprint density at radius 3 is 1.21 bits per heavy atom. The molecule has 2 N–H and O–H groups in total. The molecule has 0 aliphatic heterocycles. The van der Waals surface area contributed by atoms with E-state index in [1.54, 1.807) is 38.1 Å². The van der Waals surface area contributed by atoms with Gasteiger partial charge in [0.1, 0.15) is 0 Å². The number of methoxy groups -OCH3 is 6. The van der Waals surface area contributed by atoms with E-state index in [2.05, 4.69) is 21.1 Å². The second-order valence-corrected chi connectivity index (χ2v) is 9.49. The van der Waals surface area contributed by atoms with Gasteiger partial charge in [0.15, 0.2) is 23.0 Å². The second kappa shape index (κ2) is 15.3. The molecule has 0 aromatic heterocycles. The molecule has 0 aliphatic rings. The van der Waals surface area contributed by atoms with Crippen LogP contribution in [0, 0.1) is 0 Å². The van der Waals surface area contributed by atoms with Gasteiger partial charge in [0.05, 0.1) is 65.6 Å². The Morgan fingerprint density at radius 1 is 0.641 bits per heavy atom. The van der Waals surface area contributed by atoms with Crippen molar-refractivity contribution in [3.05, 3.63) is 35.4 Å². The van der Waals surface area contributed by atoms with Gasteiger partial charge in [-0.3, -0.25) is 9.59 Å². The molecule has 212 valence electrons. The number of thioether (sulfide) groups is 1. The number of nitrogens with one attached hydrogen (secondary N) is 2. The van der Waals surface area contributed by atoms with Crippen LogP contribution in [-0.4, -0.2) is 77.4 Å². The van der Waals surface area contributed by atoms with Crippen LogP contribution in [0.2, 0.25) is 0 Å². The summed E-state index contributed by atoms with van der Waals surface area (Å²) in [5.41, 5.74) is 6.21. The first-order valence-corrected chi connectivity index (χ1v) is 12.6. The molecule has 0 spiro atoms. The lowest BCUT2D eigenvalue weighted by atomic mass is 10.2. The molecule has 0 saturated heterocycles. The monoisotopic (exact) mass is 562 g/mol. The predicted octanol–water partition coefficient (Wildman–Crippen LogP) is 2.85. The van der Waals surface area contributed by atoms with Gasteiger partial charge in [0.25, 0.3) is 11.8 Å². The van der Waals surface area contributed by atoms with Gasteiger partial charge in [0.2, 0.25) is 11.5 Å². The lowest BCUT2D eigenvalue weighted by Gasteiger charge is -2.15. The van der Waals surface area contributed by atoms with E-state index in [0.717, 1.165) is 11.8 Å². The molecule has 2 atom stereocenters. The third-order valence-electron chi connectivity index (χ3n) is 5.30. The van der Waals surface area contributed by atoms with E-state index in [9.17, 15) is 9.59 Å². The van der Waals surface area contributed by atoms with E-state index in [1.807, 2.05) is 0 Å². The molecule has 2 unspecified atom stereocenters. The van der Waals surface area contributed by atoms with Crippen molar-refractivity contribution in [2.75, 3.05) is 42.7 Å². The highest BCUT2D eigenvalue weighted by Gasteiger charge is 2.21. The minimum atomic E-state index is -0.568. The molecule has 0 fully saturated rings. The molecule has 2 rings (SSSR count). The molecule has 12 nitrogen and oxygen atoms in total. The fraction of sp³-hybridized carbons (Fsp3) is 0.385. The van der Waals surface area contributed by atoms with E-state index in [1.165, 1.54) is 55.1 Å². The number of rotatable bonds is 14. The van der Waals surface area contributed by atoms with Gasteiger partial charge in [-0.2, -0.15) is 10.2 Å². The smallest absolute Gasteiger partial charge is 0.252 e. The van der Waals surface area contributed by atoms with Gasteiger partial charge in [0, 0.05) is 11.1 Å². The first-order chi connectivity index (χ1) is 18.7. The number of hydrazone groups is 2. The topological polar surface area (TPSA) is 138 Å². The minimum absolute atomic E-state index is 0.371. The normalized spacial score (nSPS) is 12.5. The van der Waals surface area contributed by atoms with Crippen LogP contribution in [-0.2, 0) is 9.59 Å². The zero-order chi connectivity index (χ0) is 28.9. The number of amides is 2. The highest BCUT2D eigenvalue weighted by atomic mass is 32.2. The van der Waals surface area contributed by atoms with Crippen molar-refractivity contribution in [2.45, 2.75) is 24.3 Å². The SMILES string of the molecule is COc1cc(/C=N\NC(=O)C(C)SC(C)C(=O)N/N=C/c2cc(OC)c(OC)c(OC)c2)cc(OC)c1OC. The number of ether oxygens (including phenoxy) is 6. The van der Waals surface area contributed by atoms with E-state index in [4.69, 9.17) is 28.4 Å². The number of hydrogen-bond donors (Lipinski definition) is 2. The molecule has 0 aliphatic carbocycles. The van der Waals surface area contributed by atoms with Crippen molar-refractivity contribution in [3.8, 4) is 34.5 Å². The van der Waals surface area contributed by atoms with Crippen LogP contribution < -0.4 is 39.3 Å². The van der Waals surface area contributed by atoms with Crippen molar-refractivity contribution in [1.82, 2.24) is 10.9 Å². The maximum atomic E-state index is 12.5. The van der Waals surface area contributed by atoms with Gasteiger partial charge >= 0.3 is 0 Å². The third kappa shape index (κ3) is 8.43. The first-order valence-electron chi connectivity index (χ1n) is 11.6. The van der Waals surface area contributed by atoms with Crippen LogP contribution in [0.15, 0.2) is 34.5 Å². The van der Waals surface area contributed by atoms with Gasteiger partial charge in [-0.25, -0.2) is 10.9 Å². The zero-order valence-corrected chi connectivity index (χ0v) is 24.0. The summed E-state index contributed by atoms with van der Waals surface area (Å²) in [5, 5.41) is 6.87. The van der Waals surface area contributed by atoms with E-state index < -0.39 is 10.5 Å². The van der Waals surface area contributed by atoms with E-state index >= 15 is 0 Å². The van der Waals surface area contributed by atoms with Gasteiger partial charge in [-0.05, 0) is 38.1 Å². The van der Waals surface area contributed by atoms with Gasteiger partial charge in [-0.1, -0.05) is 0 Å². The maximum Gasteiger partial charge on any atom is 0.252 e. The first kappa shape index (κ1) is 31.1. The lowest BCUT2D eigenvalue weighted by molar-refractivity contribution is -0.120. The van der Waals surface area contributed by atoms with Crippen molar-refractivity contribution in [3.63, 3.8) is 0 Å². The third-order valence-corrected chi connectivity index (χ3v) is 6.54. The second-order valence-electron chi connectivity index (χ2n) is 7.81. The molecule has 0 radical (unpaired) electrons. The number of nitrogens with zero attached hydrogens (tertiary/aromatic N) is 2. The van der Waals surface area contributed by atoms with E-state index in [0.29, 0.717) is 45.6 Å². The fourth-order valence-electron chi connectivity index (χ4n) is 3.30. The molecular weight excluding hydrogens is 528 g/mol. The quantitative estimate of drug-likeness (QED) is 0.263. The predicted molar refractivity (Wildman–Crippen MR) is 150 cm³/mol. The van der Waals surface area contributed by atoms with Crippen molar-refractivity contribution in [1.29, 1.82) is 0 Å². The Hall–Kier alpha value is -4.13. The number of carbonyl (C=O) groups is 2. The summed E-state index contributed by atoms with van der Waals surface area (Å²) < 4.78 is 31.8. The fourth-order valence-corrected chi connectivity index (χ4v) is 4.27. The average molecular weight is 563 g/mol. The summed E-state index contributed by atoms with van der Waals surface area (Å²) in [4.78, 5) is 25.0. The highest BCUT2D eigenvalue weighted by Crippen LogP contribution is 2.38. The minimum Gasteiger partial charge on any atom is -0.493 e. The summed E-state index contributed by atoms with van der Waals surface area (Å²) in [6.45, 7) is 3.36. The van der Waals surface area contributed by atoms with Crippen LogP contribution in [0.3, 0.4) is 0 Å². The summed E-state index contributed by atoms with van der Waals surface area (Å²) in [6.07, 6.45) is 2.90. The van der Waals surface area contributed by atoms with Crippen LogP contribution in [0.5, 0.6) is 34.5 Å². The number of carbonyl (C=O) groups excluding carboxylic acids is 2. The Labute approximate surface area is 232 Å². The van der Waals surface area contributed by atoms with Crippen LogP contribution >= 0.6 is 11.8 Å². The summed E-state index contributed by atoms with van der Waals surface area (Å²) in [5.74, 6) is 2.00. The van der Waals surface area contributed by atoms with Crippen molar-refractivity contribution in [2.24, 2.45) is 10.2 Å². The molecule has 13 heteroatoms. The Bertz CT molecular complexity index is 1060. The van der Waals surface area contributed by atoms with Crippen LogP contribution in [0.4, 0.5) is 0 Å². The molecule has 0 bridgehead atoms. The van der Waals surface area contributed by atoms with E-state index in [-0.39, 0.29) is 11.8 Å². The number of hydrogen-bond acceptors (Lipinski definition) is 11. The van der Waals surface area contributed by atoms with Gasteiger partial charge in [-0.15, -0.1) is 11.8 Å². The molecule has 2 amide bonds. The molecular formula is C26H34N4O8S. The zero-order valence-electron chi connectivity index (χ0n) is 23.2. The summed E-state index contributed by atoms with van der Waals surface area (Å²) >= 11 is 1.16.